The molecule has 1 aromatic heterocycles. The van der Waals surface area contributed by atoms with E-state index in [1.54, 1.807) is 0 Å². The minimum atomic E-state index is 0.377. The van der Waals surface area contributed by atoms with Crippen molar-refractivity contribution < 1.29 is 32.8 Å². The van der Waals surface area contributed by atoms with Crippen molar-refractivity contribution in [2.24, 2.45) is 65.1 Å². The van der Waals surface area contributed by atoms with Gasteiger partial charge in [-0.05, 0) is 98.5 Å². The molecule has 5 heterocycles. The van der Waals surface area contributed by atoms with Crippen LogP contribution in [0.5, 0.6) is 0 Å². The second-order valence-corrected chi connectivity index (χ2v) is 21.5. The van der Waals surface area contributed by atoms with Crippen molar-refractivity contribution in [3.05, 3.63) is 23.7 Å². The van der Waals surface area contributed by atoms with E-state index in [0.717, 1.165) is 106 Å². The summed E-state index contributed by atoms with van der Waals surface area (Å²) in [4.78, 5) is 0. The summed E-state index contributed by atoms with van der Waals surface area (Å²) in [7, 11) is 0. The zero-order valence-electron chi connectivity index (χ0n) is 47.1. The average molecular weight is 924 g/mol. The van der Waals surface area contributed by atoms with E-state index in [9.17, 15) is 0 Å². The molecule has 388 valence electrons. The SMILES string of the molecule is CC(C)C1OCC(C)C1C.CC1COC2C(C)COC12.CCC(C)C(C)C(C)C(C)CC.CCC(C)COCC(C)COC(C)CC.CCC1CCC(CC)O1.CCc1ccc(CC)o1. The van der Waals surface area contributed by atoms with Gasteiger partial charge in [0.2, 0.25) is 0 Å². The summed E-state index contributed by atoms with van der Waals surface area (Å²) >= 11 is 0. The van der Waals surface area contributed by atoms with Gasteiger partial charge in [-0.25, -0.2) is 0 Å². The van der Waals surface area contributed by atoms with Crippen LogP contribution in [0.25, 0.3) is 0 Å². The van der Waals surface area contributed by atoms with E-state index in [2.05, 4.69) is 145 Å². The number of fused-ring (bicyclic) bond motifs is 1. The maximum Gasteiger partial charge on any atom is 0.103 e. The molecule has 0 saturated carbocycles. The van der Waals surface area contributed by atoms with Crippen molar-refractivity contribution in [3.63, 3.8) is 0 Å². The fourth-order valence-corrected chi connectivity index (χ4v) is 8.62. The maximum atomic E-state index is 5.66. The Hall–Kier alpha value is -0.960. The molecule has 4 aliphatic rings. The Morgan fingerprint density at radius 2 is 0.985 bits per heavy atom. The number of aryl methyl sites for hydroxylation is 2. The van der Waals surface area contributed by atoms with Crippen LogP contribution in [-0.2, 0) is 41.3 Å². The van der Waals surface area contributed by atoms with Crippen LogP contribution in [0.4, 0.5) is 0 Å². The minimum absolute atomic E-state index is 0.377. The number of ether oxygens (including phenoxy) is 6. The molecule has 1 aromatic rings. The molecule has 65 heavy (non-hydrogen) atoms. The van der Waals surface area contributed by atoms with Crippen LogP contribution in [-0.4, -0.2) is 76.3 Å². The Labute approximate surface area is 406 Å². The molecule has 4 aliphatic heterocycles. The summed E-state index contributed by atoms with van der Waals surface area (Å²) in [5.41, 5.74) is 0. The van der Waals surface area contributed by atoms with E-state index in [-0.39, 0.29) is 0 Å². The van der Waals surface area contributed by atoms with Crippen LogP contribution >= 0.6 is 0 Å². The summed E-state index contributed by atoms with van der Waals surface area (Å²) < 4.78 is 39.1. The number of rotatable bonds is 19. The third kappa shape index (κ3) is 26.0. The third-order valence-corrected chi connectivity index (χ3v) is 15.3. The first-order valence-corrected chi connectivity index (χ1v) is 27.6. The molecule has 4 saturated heterocycles. The fraction of sp³-hybridized carbons (Fsp3) is 0.931. The Kier molecular flexibility index (Phi) is 36.4. The normalized spacial score (nSPS) is 28.8. The second-order valence-electron chi connectivity index (χ2n) is 21.5. The highest BCUT2D eigenvalue weighted by molar-refractivity contribution is 5.06. The first-order chi connectivity index (χ1) is 30.8. The van der Waals surface area contributed by atoms with Gasteiger partial charge in [0.25, 0.3) is 0 Å². The first kappa shape index (κ1) is 64.0. The lowest BCUT2D eigenvalue weighted by molar-refractivity contribution is 0.00545. The molecule has 16 atom stereocenters. The smallest absolute Gasteiger partial charge is 0.103 e. The van der Waals surface area contributed by atoms with Crippen molar-refractivity contribution >= 4 is 0 Å². The van der Waals surface area contributed by atoms with Crippen LogP contribution in [0.3, 0.4) is 0 Å². The molecule has 0 spiro atoms. The summed E-state index contributed by atoms with van der Waals surface area (Å²) in [5.74, 6) is 10.3. The predicted octanol–water partition coefficient (Wildman–Crippen LogP) is 16.0. The van der Waals surface area contributed by atoms with E-state index in [1.807, 2.05) is 12.1 Å². The molecule has 0 aliphatic carbocycles. The van der Waals surface area contributed by atoms with Crippen LogP contribution in [0, 0.1) is 65.1 Å². The van der Waals surface area contributed by atoms with Crippen LogP contribution in [0.15, 0.2) is 16.5 Å². The van der Waals surface area contributed by atoms with Gasteiger partial charge in [0, 0.05) is 43.8 Å². The Bertz CT molecular complexity index is 1160. The Balaban J connectivity index is 0.000000762. The van der Waals surface area contributed by atoms with Gasteiger partial charge in [0.1, 0.15) is 11.5 Å². The quantitative estimate of drug-likeness (QED) is 0.137. The van der Waals surface area contributed by atoms with E-state index in [4.69, 9.17) is 32.8 Å². The molecule has 0 N–H and O–H groups in total. The summed E-state index contributed by atoms with van der Waals surface area (Å²) in [5, 5.41) is 0. The monoisotopic (exact) mass is 923 g/mol. The molecule has 0 bridgehead atoms. The summed E-state index contributed by atoms with van der Waals surface area (Å²) in [6.07, 6.45) is 14.7. The Morgan fingerprint density at radius 1 is 0.538 bits per heavy atom. The van der Waals surface area contributed by atoms with Crippen LogP contribution < -0.4 is 0 Å². The number of hydrogen-bond donors (Lipinski definition) is 0. The predicted molar refractivity (Wildman–Crippen MR) is 279 cm³/mol. The molecule has 0 amide bonds. The minimum Gasteiger partial charge on any atom is -0.466 e. The largest absolute Gasteiger partial charge is 0.466 e. The van der Waals surface area contributed by atoms with Gasteiger partial charge < -0.3 is 32.8 Å². The fourth-order valence-electron chi connectivity index (χ4n) is 8.62. The highest BCUT2D eigenvalue weighted by atomic mass is 16.6. The Morgan fingerprint density at radius 3 is 1.29 bits per heavy atom. The molecule has 5 rings (SSSR count). The van der Waals surface area contributed by atoms with Crippen molar-refractivity contribution in [2.75, 3.05) is 39.6 Å². The highest BCUT2D eigenvalue weighted by Gasteiger charge is 2.43. The lowest BCUT2D eigenvalue weighted by Gasteiger charge is -2.29. The lowest BCUT2D eigenvalue weighted by atomic mass is 9.77. The van der Waals surface area contributed by atoms with Gasteiger partial charge >= 0.3 is 0 Å². The van der Waals surface area contributed by atoms with Crippen LogP contribution in [0.2, 0.25) is 0 Å². The van der Waals surface area contributed by atoms with Crippen molar-refractivity contribution in [3.8, 4) is 0 Å². The van der Waals surface area contributed by atoms with E-state index in [1.165, 1.54) is 44.9 Å². The molecule has 0 aromatic carbocycles. The van der Waals surface area contributed by atoms with Gasteiger partial charge in [-0.2, -0.15) is 0 Å². The van der Waals surface area contributed by atoms with E-state index in [0.29, 0.717) is 66.2 Å². The molecule has 16 unspecified atom stereocenters. The first-order valence-electron chi connectivity index (χ1n) is 27.6. The van der Waals surface area contributed by atoms with Gasteiger partial charge in [0.05, 0.1) is 63.1 Å². The lowest BCUT2D eigenvalue weighted by Crippen LogP contribution is -2.23. The van der Waals surface area contributed by atoms with Gasteiger partial charge in [-0.15, -0.1) is 0 Å². The zero-order valence-corrected chi connectivity index (χ0v) is 47.1. The van der Waals surface area contributed by atoms with E-state index >= 15 is 0 Å². The molecular formula is C58H114O7. The second kappa shape index (κ2) is 36.9. The van der Waals surface area contributed by atoms with Crippen LogP contribution in [0.1, 0.15) is 208 Å². The summed E-state index contributed by atoms with van der Waals surface area (Å²) in [6.45, 7) is 52.3. The molecule has 0 radical (unpaired) electrons. The zero-order chi connectivity index (χ0) is 49.6. The van der Waals surface area contributed by atoms with Crippen molar-refractivity contribution in [1.82, 2.24) is 0 Å². The van der Waals surface area contributed by atoms with E-state index < -0.39 is 0 Å². The number of furan rings is 1. The highest BCUT2D eigenvalue weighted by Crippen LogP contribution is 2.34. The molecule has 4 fully saturated rings. The molecular weight excluding hydrogens is 809 g/mol. The molecule has 7 heteroatoms. The van der Waals surface area contributed by atoms with Gasteiger partial charge in [-0.3, -0.25) is 0 Å². The maximum absolute atomic E-state index is 5.66. The molecule has 7 nitrogen and oxygen atoms in total. The standard InChI is InChI=1S/C13H28O2.C12H26.C9H18O.C8H14O2.C8H16O.C8H12O/c1-6-11(3)8-14-9-12(4)10-15-13(5)7-2;1-7-9(3)11(5)12(6)10(4)8-2;1-6(2)9-8(4)7(3)5-10-9;1-5-3-9-8-6(2)4-10-7(5)8;2*1-3-7-5-6-8(4-2)9-7/h11-13H,6-10H2,1-5H3;9-12H,7-8H2,1-6H3;6-9H,5H2,1-4H3;5-8H,3-4H2,1-2H3;7-8H,3-6H2,1-2H3;5-6H,3-4H2,1-2H3. The van der Waals surface area contributed by atoms with Crippen molar-refractivity contribution in [2.45, 2.75) is 246 Å². The number of hydrogen-bond acceptors (Lipinski definition) is 7. The van der Waals surface area contributed by atoms with Gasteiger partial charge in [-0.1, -0.05) is 158 Å². The topological polar surface area (TPSA) is 68.5 Å². The third-order valence-electron chi connectivity index (χ3n) is 15.3. The summed E-state index contributed by atoms with van der Waals surface area (Å²) in [6, 6.07) is 4.08. The van der Waals surface area contributed by atoms with Crippen molar-refractivity contribution in [1.29, 1.82) is 0 Å². The average Bonchev–Trinajstić information content (AvgIpc) is 4.18. The van der Waals surface area contributed by atoms with Gasteiger partial charge in [0.15, 0.2) is 0 Å².